The minimum Gasteiger partial charge on any atom is -0.495 e. The van der Waals surface area contributed by atoms with Crippen molar-refractivity contribution in [2.24, 2.45) is 5.92 Å². The van der Waals surface area contributed by atoms with Crippen LogP contribution in [0.3, 0.4) is 0 Å². The zero-order valence-electron chi connectivity index (χ0n) is 20.3. The van der Waals surface area contributed by atoms with Crippen molar-refractivity contribution in [3.8, 4) is 22.7 Å². The number of halogens is 1. The molecular formula is C27H27FN6O2. The Balaban J connectivity index is 1.31. The number of methoxy groups -OCH3 is 1. The van der Waals surface area contributed by atoms with Gasteiger partial charge >= 0.3 is 0 Å². The summed E-state index contributed by atoms with van der Waals surface area (Å²) in [5.41, 5.74) is 4.52. The Morgan fingerprint density at radius 3 is 2.72 bits per heavy atom. The summed E-state index contributed by atoms with van der Waals surface area (Å²) < 4.78 is 23.9. The fourth-order valence-electron chi connectivity index (χ4n) is 4.91. The summed E-state index contributed by atoms with van der Waals surface area (Å²) in [6, 6.07) is 10.2. The average Bonchev–Trinajstić information content (AvgIpc) is 3.43. The van der Waals surface area contributed by atoms with Crippen molar-refractivity contribution in [3.05, 3.63) is 72.2 Å². The molecule has 0 radical (unpaired) electrons. The van der Waals surface area contributed by atoms with Gasteiger partial charge in [0.2, 0.25) is 0 Å². The molecule has 1 saturated carbocycles. The Kier molecular flexibility index (Phi) is 5.55. The lowest BCUT2D eigenvalue weighted by atomic mass is 10.1. The molecule has 1 amide bonds. The number of aromatic nitrogens is 5. The topological polar surface area (TPSA) is 78.1 Å². The van der Waals surface area contributed by atoms with E-state index in [0.717, 1.165) is 29.8 Å². The normalized spacial score (nSPS) is 17.7. The van der Waals surface area contributed by atoms with Crippen LogP contribution in [-0.4, -0.2) is 44.1 Å². The summed E-state index contributed by atoms with van der Waals surface area (Å²) in [5.74, 6) is 0.819. The molecule has 0 unspecified atom stereocenters. The number of ether oxygens (including phenoxy) is 1. The number of aryl methyl sites for hydroxylation is 1. The molecule has 0 saturated heterocycles. The van der Waals surface area contributed by atoms with E-state index >= 15 is 0 Å². The summed E-state index contributed by atoms with van der Waals surface area (Å²) in [7, 11) is 1.62. The van der Waals surface area contributed by atoms with Crippen LogP contribution in [0.25, 0.3) is 16.9 Å². The van der Waals surface area contributed by atoms with E-state index in [-0.39, 0.29) is 11.7 Å². The fraction of sp³-hybridized carbons (Fsp3) is 0.333. The number of benzene rings is 2. The minimum atomic E-state index is -0.549. The van der Waals surface area contributed by atoms with E-state index < -0.39 is 6.04 Å². The van der Waals surface area contributed by atoms with Crippen molar-refractivity contribution in [1.82, 2.24) is 24.5 Å². The second-order valence-electron chi connectivity index (χ2n) is 9.58. The predicted octanol–water partition coefficient (Wildman–Crippen LogP) is 4.52. The van der Waals surface area contributed by atoms with E-state index in [9.17, 15) is 9.18 Å². The maximum atomic E-state index is 14.7. The molecule has 1 atom stereocenters. The maximum Gasteiger partial charge on any atom is 0.251 e. The van der Waals surface area contributed by atoms with Gasteiger partial charge in [0.15, 0.2) is 0 Å². The summed E-state index contributed by atoms with van der Waals surface area (Å²) in [6.07, 6.45) is 8.58. The second kappa shape index (κ2) is 8.89. The van der Waals surface area contributed by atoms with E-state index in [0.29, 0.717) is 48.0 Å². The average molecular weight is 487 g/mol. The first-order valence-corrected chi connectivity index (χ1v) is 12.2. The number of imidazole rings is 1. The summed E-state index contributed by atoms with van der Waals surface area (Å²) in [5, 5.41) is 8.70. The molecule has 8 nitrogen and oxygen atoms in total. The number of rotatable bonds is 6. The maximum absolute atomic E-state index is 14.7. The molecule has 1 aliphatic carbocycles. The van der Waals surface area contributed by atoms with Crippen molar-refractivity contribution in [3.63, 3.8) is 0 Å². The molecule has 1 fully saturated rings. The third-order valence-corrected chi connectivity index (χ3v) is 7.04. The molecule has 184 valence electrons. The summed E-state index contributed by atoms with van der Waals surface area (Å²) in [4.78, 5) is 19.8. The van der Waals surface area contributed by atoms with Crippen LogP contribution < -0.4 is 9.64 Å². The molecular weight excluding hydrogens is 459 g/mol. The molecule has 1 aliphatic heterocycles. The van der Waals surface area contributed by atoms with Gasteiger partial charge in [0, 0.05) is 29.6 Å². The molecule has 9 heteroatoms. The van der Waals surface area contributed by atoms with E-state index in [4.69, 9.17) is 4.74 Å². The summed E-state index contributed by atoms with van der Waals surface area (Å²) in [6.45, 7) is 2.54. The predicted molar refractivity (Wildman–Crippen MR) is 133 cm³/mol. The Hall–Kier alpha value is -4.01. The quantitative estimate of drug-likeness (QED) is 0.401. The van der Waals surface area contributed by atoms with Crippen LogP contribution in [0, 0.1) is 18.7 Å². The van der Waals surface area contributed by atoms with Crippen LogP contribution in [0.5, 0.6) is 5.75 Å². The molecule has 36 heavy (non-hydrogen) atoms. The van der Waals surface area contributed by atoms with Crippen LogP contribution in [0.1, 0.15) is 36.6 Å². The van der Waals surface area contributed by atoms with Crippen molar-refractivity contribution in [1.29, 1.82) is 0 Å². The molecule has 2 aromatic heterocycles. The van der Waals surface area contributed by atoms with E-state index in [1.807, 2.05) is 42.0 Å². The SMILES string of the molecule is COc1cc(-c2cn([C@@H]3CCc4c(F)cccc4N(CC4CC4)C3=O)nn2)ccc1-n1cnc(C)c1. The Morgan fingerprint density at radius 1 is 1.11 bits per heavy atom. The van der Waals surface area contributed by atoms with Gasteiger partial charge < -0.3 is 14.2 Å². The number of nitrogens with zero attached hydrogens (tertiary/aromatic N) is 6. The highest BCUT2D eigenvalue weighted by Crippen LogP contribution is 2.38. The van der Waals surface area contributed by atoms with Crippen LogP contribution in [-0.2, 0) is 11.2 Å². The van der Waals surface area contributed by atoms with Crippen LogP contribution >= 0.6 is 0 Å². The first-order chi connectivity index (χ1) is 17.5. The van der Waals surface area contributed by atoms with Crippen LogP contribution in [0.4, 0.5) is 10.1 Å². The molecule has 2 aliphatic rings. The second-order valence-corrected chi connectivity index (χ2v) is 9.58. The van der Waals surface area contributed by atoms with E-state index in [1.54, 1.807) is 35.3 Å². The molecule has 4 aromatic rings. The molecule has 0 N–H and O–H groups in total. The van der Waals surface area contributed by atoms with Gasteiger partial charge in [0.1, 0.15) is 23.3 Å². The number of hydrogen-bond acceptors (Lipinski definition) is 5. The Bertz CT molecular complexity index is 1440. The monoisotopic (exact) mass is 486 g/mol. The number of fused-ring (bicyclic) bond motifs is 1. The molecule has 6 rings (SSSR count). The molecule has 0 spiro atoms. The molecule has 0 bridgehead atoms. The van der Waals surface area contributed by atoms with Crippen molar-refractivity contribution in [2.75, 3.05) is 18.6 Å². The first-order valence-electron chi connectivity index (χ1n) is 12.2. The minimum absolute atomic E-state index is 0.0638. The van der Waals surface area contributed by atoms with Gasteiger partial charge in [-0.2, -0.15) is 0 Å². The first kappa shape index (κ1) is 22.5. The van der Waals surface area contributed by atoms with E-state index in [1.165, 1.54) is 6.07 Å². The van der Waals surface area contributed by atoms with Gasteiger partial charge in [-0.3, -0.25) is 4.79 Å². The number of hydrogen-bond donors (Lipinski definition) is 0. The standard InChI is InChI=1S/C27H27FN6O2/c1-17-13-32(16-29-17)24-10-8-19(12-26(24)36-2)22-15-34(31-30-22)25-11-9-20-21(28)4-3-5-23(20)33(27(25)35)14-18-6-7-18/h3-5,8,10,12-13,15-16,18,25H,6-7,9,11,14H2,1-2H3/t25-/m1/s1. The van der Waals surface area contributed by atoms with Gasteiger partial charge in [-0.05, 0) is 62.8 Å². The third kappa shape index (κ3) is 4.04. The number of anilines is 1. The smallest absolute Gasteiger partial charge is 0.251 e. The van der Waals surface area contributed by atoms with E-state index in [2.05, 4.69) is 15.3 Å². The highest BCUT2D eigenvalue weighted by Gasteiger charge is 2.36. The van der Waals surface area contributed by atoms with Gasteiger partial charge in [-0.15, -0.1) is 5.10 Å². The zero-order valence-corrected chi connectivity index (χ0v) is 20.3. The van der Waals surface area contributed by atoms with Crippen molar-refractivity contribution >= 4 is 11.6 Å². The van der Waals surface area contributed by atoms with Gasteiger partial charge in [-0.25, -0.2) is 14.1 Å². The van der Waals surface area contributed by atoms with Crippen molar-refractivity contribution < 1.29 is 13.9 Å². The van der Waals surface area contributed by atoms with Crippen LogP contribution in [0.15, 0.2) is 55.1 Å². The Morgan fingerprint density at radius 2 is 1.97 bits per heavy atom. The van der Waals surface area contributed by atoms with Gasteiger partial charge in [0.25, 0.3) is 5.91 Å². The number of carbonyl (C=O) groups excluding carboxylic acids is 1. The van der Waals surface area contributed by atoms with Crippen molar-refractivity contribution in [2.45, 2.75) is 38.6 Å². The molecule has 3 heterocycles. The summed E-state index contributed by atoms with van der Waals surface area (Å²) >= 11 is 0. The zero-order chi connectivity index (χ0) is 24.8. The number of amides is 1. The number of carbonyl (C=O) groups is 1. The highest BCUT2D eigenvalue weighted by molar-refractivity contribution is 5.97. The van der Waals surface area contributed by atoms with Gasteiger partial charge in [-0.1, -0.05) is 17.3 Å². The lowest BCUT2D eigenvalue weighted by Crippen LogP contribution is -2.38. The fourth-order valence-corrected chi connectivity index (χ4v) is 4.91. The highest BCUT2D eigenvalue weighted by atomic mass is 19.1. The lowest BCUT2D eigenvalue weighted by Gasteiger charge is -2.26. The van der Waals surface area contributed by atoms with Crippen LogP contribution in [0.2, 0.25) is 0 Å². The largest absolute Gasteiger partial charge is 0.495 e. The Labute approximate surface area is 208 Å². The van der Waals surface area contributed by atoms with Gasteiger partial charge in [0.05, 0.1) is 31.0 Å². The lowest BCUT2D eigenvalue weighted by molar-refractivity contribution is -0.122. The molecule has 2 aromatic carbocycles. The third-order valence-electron chi connectivity index (χ3n) is 7.04.